The van der Waals surface area contributed by atoms with E-state index < -0.39 is 6.10 Å². The fourth-order valence-electron chi connectivity index (χ4n) is 5.81. The fourth-order valence-corrected chi connectivity index (χ4v) is 5.81. The molecule has 39 heavy (non-hydrogen) atoms. The molecule has 1 aliphatic carbocycles. The second kappa shape index (κ2) is 11.1. The van der Waals surface area contributed by atoms with Gasteiger partial charge in [0, 0.05) is 57.1 Å². The first kappa shape index (κ1) is 25.5. The van der Waals surface area contributed by atoms with Crippen molar-refractivity contribution in [2.75, 3.05) is 61.9 Å². The van der Waals surface area contributed by atoms with E-state index in [0.29, 0.717) is 56.0 Å². The van der Waals surface area contributed by atoms with Crippen molar-refractivity contribution >= 4 is 40.3 Å². The summed E-state index contributed by atoms with van der Waals surface area (Å²) in [6.45, 7) is 3.80. The number of aromatic nitrogens is 4. The van der Waals surface area contributed by atoms with Gasteiger partial charge in [0.1, 0.15) is 11.3 Å². The number of aromatic amines is 1. The SMILES string of the molecule is COc1cc(N2CCN(C(=O)N3CCC(O)C3)CC2)ccc1Nc1nc(NC2CCCCC2)c2[nH]cnc2n1. The maximum atomic E-state index is 12.8. The van der Waals surface area contributed by atoms with Crippen molar-refractivity contribution in [3.05, 3.63) is 24.5 Å². The van der Waals surface area contributed by atoms with E-state index in [0.717, 1.165) is 48.6 Å². The molecule has 3 aromatic rings. The van der Waals surface area contributed by atoms with E-state index in [2.05, 4.69) is 30.5 Å². The summed E-state index contributed by atoms with van der Waals surface area (Å²) in [5.74, 6) is 1.90. The maximum Gasteiger partial charge on any atom is 0.320 e. The molecule has 4 heterocycles. The van der Waals surface area contributed by atoms with Crippen molar-refractivity contribution in [3.63, 3.8) is 0 Å². The molecule has 208 valence electrons. The van der Waals surface area contributed by atoms with Gasteiger partial charge >= 0.3 is 6.03 Å². The summed E-state index contributed by atoms with van der Waals surface area (Å²) in [7, 11) is 1.65. The first-order valence-electron chi connectivity index (χ1n) is 14.0. The molecule has 3 fully saturated rings. The summed E-state index contributed by atoms with van der Waals surface area (Å²) >= 11 is 0. The summed E-state index contributed by atoms with van der Waals surface area (Å²) < 4.78 is 5.73. The summed E-state index contributed by atoms with van der Waals surface area (Å²) in [6.07, 6.45) is 7.94. The first-order valence-corrected chi connectivity index (χ1v) is 14.0. The number of urea groups is 1. The lowest BCUT2D eigenvalue weighted by molar-refractivity contribution is 0.144. The Kier molecular flexibility index (Phi) is 7.27. The Morgan fingerprint density at radius 1 is 1.05 bits per heavy atom. The van der Waals surface area contributed by atoms with Crippen LogP contribution in [-0.2, 0) is 0 Å². The van der Waals surface area contributed by atoms with E-state index in [9.17, 15) is 9.90 Å². The van der Waals surface area contributed by atoms with Crippen molar-refractivity contribution in [2.45, 2.75) is 50.7 Å². The van der Waals surface area contributed by atoms with Crippen LogP contribution in [0.1, 0.15) is 38.5 Å². The van der Waals surface area contributed by atoms with Crippen LogP contribution in [0, 0.1) is 0 Å². The number of H-pyrrole nitrogens is 1. The van der Waals surface area contributed by atoms with Gasteiger partial charge in [-0.3, -0.25) is 0 Å². The molecule has 2 amide bonds. The van der Waals surface area contributed by atoms with E-state index >= 15 is 0 Å². The number of nitrogens with one attached hydrogen (secondary N) is 3. The van der Waals surface area contributed by atoms with Gasteiger partial charge in [-0.15, -0.1) is 0 Å². The third kappa shape index (κ3) is 5.51. The molecule has 1 saturated carbocycles. The average molecular weight is 536 g/mol. The number of nitrogens with zero attached hydrogens (tertiary/aromatic N) is 6. The minimum absolute atomic E-state index is 0.0227. The Labute approximate surface area is 227 Å². The van der Waals surface area contributed by atoms with Crippen LogP contribution in [0.3, 0.4) is 0 Å². The normalized spacial score (nSPS) is 20.5. The third-order valence-corrected chi connectivity index (χ3v) is 8.01. The van der Waals surface area contributed by atoms with Crippen LogP contribution in [0.25, 0.3) is 11.2 Å². The highest BCUT2D eigenvalue weighted by molar-refractivity contribution is 5.84. The van der Waals surface area contributed by atoms with E-state index in [1.807, 2.05) is 23.1 Å². The minimum atomic E-state index is -0.402. The number of piperazine rings is 1. The Morgan fingerprint density at radius 2 is 1.87 bits per heavy atom. The van der Waals surface area contributed by atoms with Crippen LogP contribution in [0.5, 0.6) is 5.75 Å². The van der Waals surface area contributed by atoms with Crippen molar-refractivity contribution in [3.8, 4) is 5.75 Å². The van der Waals surface area contributed by atoms with Gasteiger partial charge in [0.05, 0.1) is 25.2 Å². The number of β-amino-alcohol motifs (C(OH)–C–C–N with tert-alkyl or cyclic N) is 1. The van der Waals surface area contributed by atoms with Crippen molar-refractivity contribution in [1.29, 1.82) is 0 Å². The molecular formula is C27H37N9O3. The van der Waals surface area contributed by atoms with E-state index in [1.165, 1.54) is 19.3 Å². The van der Waals surface area contributed by atoms with Gasteiger partial charge in [-0.1, -0.05) is 19.3 Å². The molecule has 6 rings (SSSR count). The smallest absolute Gasteiger partial charge is 0.320 e. The molecule has 0 spiro atoms. The number of rotatable bonds is 6. The van der Waals surface area contributed by atoms with Gasteiger partial charge in [0.2, 0.25) is 5.95 Å². The number of fused-ring (bicyclic) bond motifs is 1. The molecule has 0 radical (unpaired) electrons. The summed E-state index contributed by atoms with van der Waals surface area (Å²) in [5.41, 5.74) is 3.22. The van der Waals surface area contributed by atoms with Crippen LogP contribution in [-0.4, -0.2) is 99.4 Å². The second-order valence-electron chi connectivity index (χ2n) is 10.6. The Bertz CT molecular complexity index is 1300. The number of anilines is 4. The zero-order chi connectivity index (χ0) is 26.8. The molecule has 2 aromatic heterocycles. The summed E-state index contributed by atoms with van der Waals surface area (Å²) in [5, 5.41) is 16.7. The fraction of sp³-hybridized carbons (Fsp3) is 0.556. The Balaban J connectivity index is 1.14. The number of imidazole rings is 1. The number of hydrogen-bond acceptors (Lipinski definition) is 9. The van der Waals surface area contributed by atoms with Crippen LogP contribution in [0.2, 0.25) is 0 Å². The lowest BCUT2D eigenvalue weighted by Crippen LogP contribution is -2.52. The number of aliphatic hydroxyl groups is 1. The van der Waals surface area contributed by atoms with Gasteiger partial charge < -0.3 is 40.2 Å². The van der Waals surface area contributed by atoms with Crippen LogP contribution in [0.15, 0.2) is 24.5 Å². The Hall–Kier alpha value is -3.80. The average Bonchev–Trinajstić information content (AvgIpc) is 3.63. The van der Waals surface area contributed by atoms with E-state index in [1.54, 1.807) is 18.3 Å². The number of hydrogen-bond donors (Lipinski definition) is 4. The molecule has 1 unspecified atom stereocenters. The summed E-state index contributed by atoms with van der Waals surface area (Å²) in [4.78, 5) is 35.6. The lowest BCUT2D eigenvalue weighted by Gasteiger charge is -2.37. The zero-order valence-electron chi connectivity index (χ0n) is 22.4. The molecule has 12 nitrogen and oxygen atoms in total. The van der Waals surface area contributed by atoms with E-state index in [-0.39, 0.29) is 6.03 Å². The first-order chi connectivity index (χ1) is 19.1. The van der Waals surface area contributed by atoms with Gasteiger partial charge in [0.15, 0.2) is 11.5 Å². The minimum Gasteiger partial charge on any atom is -0.494 e. The molecule has 4 N–H and O–H groups in total. The largest absolute Gasteiger partial charge is 0.494 e. The van der Waals surface area contributed by atoms with Gasteiger partial charge in [0.25, 0.3) is 0 Å². The van der Waals surface area contributed by atoms with Gasteiger partial charge in [-0.25, -0.2) is 9.78 Å². The number of benzene rings is 1. The number of carbonyl (C=O) groups is 1. The van der Waals surface area contributed by atoms with Gasteiger partial charge in [-0.2, -0.15) is 9.97 Å². The molecule has 1 atom stereocenters. The molecule has 1 aromatic carbocycles. The highest BCUT2D eigenvalue weighted by Crippen LogP contribution is 2.33. The van der Waals surface area contributed by atoms with Crippen LogP contribution >= 0.6 is 0 Å². The maximum absolute atomic E-state index is 12.8. The topological polar surface area (TPSA) is 135 Å². The highest BCUT2D eigenvalue weighted by Gasteiger charge is 2.30. The predicted molar refractivity (Wildman–Crippen MR) is 150 cm³/mol. The second-order valence-corrected chi connectivity index (χ2v) is 10.6. The number of carbonyl (C=O) groups excluding carboxylic acids is 1. The van der Waals surface area contributed by atoms with Crippen LogP contribution < -0.4 is 20.3 Å². The quantitative estimate of drug-likeness (QED) is 0.375. The number of aliphatic hydroxyl groups excluding tert-OH is 1. The lowest BCUT2D eigenvalue weighted by atomic mass is 9.95. The van der Waals surface area contributed by atoms with Gasteiger partial charge in [-0.05, 0) is 31.4 Å². The van der Waals surface area contributed by atoms with Crippen molar-refractivity contribution < 1.29 is 14.6 Å². The number of likely N-dealkylation sites (tertiary alicyclic amines) is 1. The molecule has 3 aliphatic rings. The summed E-state index contributed by atoms with van der Waals surface area (Å²) in [6, 6.07) is 6.45. The van der Waals surface area contributed by atoms with Crippen molar-refractivity contribution in [2.24, 2.45) is 0 Å². The molecule has 2 saturated heterocycles. The monoisotopic (exact) mass is 535 g/mol. The Morgan fingerprint density at radius 3 is 2.62 bits per heavy atom. The van der Waals surface area contributed by atoms with E-state index in [4.69, 9.17) is 9.72 Å². The predicted octanol–water partition coefficient (Wildman–Crippen LogP) is 3.16. The molecule has 2 aliphatic heterocycles. The number of methoxy groups -OCH3 is 1. The van der Waals surface area contributed by atoms with Crippen LogP contribution in [0.4, 0.5) is 27.9 Å². The highest BCUT2D eigenvalue weighted by atomic mass is 16.5. The number of ether oxygens (including phenoxy) is 1. The molecule has 0 bridgehead atoms. The standard InChI is InChI=1S/C27H37N9O3/c1-39-22-15-19(34-11-13-35(14-12-34)27(38)36-10-9-20(37)16-36)7-8-21(22)31-26-32-24-23(28-17-29-24)25(33-26)30-18-5-3-2-4-6-18/h7-8,15,17-18,20,37H,2-6,9-14,16H2,1H3,(H3,28,29,30,31,32,33). The zero-order valence-corrected chi connectivity index (χ0v) is 22.4. The number of amides is 2. The third-order valence-electron chi connectivity index (χ3n) is 8.01. The van der Waals surface area contributed by atoms with Crippen molar-refractivity contribution in [1.82, 2.24) is 29.7 Å². The molecule has 12 heteroatoms. The molecular weight excluding hydrogens is 498 g/mol.